The number of benzene rings is 1. The summed E-state index contributed by atoms with van der Waals surface area (Å²) in [6.07, 6.45) is 5.04. The number of anilines is 1. The Balaban J connectivity index is 2.08. The van der Waals surface area contributed by atoms with Crippen LogP contribution in [-0.2, 0) is 11.3 Å². The minimum atomic E-state index is -0.305. The number of rotatable bonds is 5. The predicted molar refractivity (Wildman–Crippen MR) is 85.2 cm³/mol. The Bertz CT molecular complexity index is 488. The van der Waals surface area contributed by atoms with Crippen LogP contribution in [0, 0.1) is 0 Å². The van der Waals surface area contributed by atoms with Crippen LogP contribution in [0.5, 0.6) is 0 Å². The van der Waals surface area contributed by atoms with Crippen LogP contribution in [0.15, 0.2) is 18.2 Å². The molecule has 1 saturated heterocycles. The van der Waals surface area contributed by atoms with Crippen molar-refractivity contribution in [2.24, 2.45) is 0 Å². The van der Waals surface area contributed by atoms with E-state index in [0.717, 1.165) is 18.7 Å². The summed E-state index contributed by atoms with van der Waals surface area (Å²) < 4.78 is 5.00. The molecule has 4 heteroatoms. The van der Waals surface area contributed by atoms with Crippen LogP contribution in [0.1, 0.15) is 55.5 Å². The van der Waals surface area contributed by atoms with Crippen molar-refractivity contribution >= 4 is 11.7 Å². The van der Waals surface area contributed by atoms with E-state index in [1.807, 2.05) is 12.1 Å². The molecule has 1 aliphatic rings. The van der Waals surface area contributed by atoms with Crippen LogP contribution in [0.3, 0.4) is 0 Å². The first kappa shape index (κ1) is 15.8. The first-order valence-corrected chi connectivity index (χ1v) is 7.95. The van der Waals surface area contributed by atoms with Gasteiger partial charge in [0.15, 0.2) is 0 Å². The van der Waals surface area contributed by atoms with E-state index < -0.39 is 0 Å². The second-order valence-electron chi connectivity index (χ2n) is 5.66. The van der Waals surface area contributed by atoms with Gasteiger partial charge in [-0.1, -0.05) is 19.4 Å². The first-order valence-electron chi connectivity index (χ1n) is 7.95. The lowest BCUT2D eigenvalue weighted by Crippen LogP contribution is -2.38. The summed E-state index contributed by atoms with van der Waals surface area (Å²) in [6, 6.07) is 6.17. The number of hydrogen-bond donors (Lipinski definition) is 1. The second-order valence-corrected chi connectivity index (χ2v) is 5.66. The Morgan fingerprint density at radius 3 is 2.86 bits per heavy atom. The Morgan fingerprint density at radius 1 is 1.38 bits per heavy atom. The summed E-state index contributed by atoms with van der Waals surface area (Å²) in [6.45, 7) is 6.44. The molecular weight excluding hydrogens is 264 g/mol. The topological polar surface area (TPSA) is 55.6 Å². The molecule has 2 rings (SSSR count). The van der Waals surface area contributed by atoms with Crippen molar-refractivity contribution in [3.05, 3.63) is 29.3 Å². The van der Waals surface area contributed by atoms with Crippen LogP contribution < -0.4 is 5.73 Å². The standard InChI is InChI=1S/C17H26N2O2/c1-3-15-7-5-6-10-19(15)12-14-9-8-13(11-16(14)18)17(20)21-4-2/h8-9,11,15H,3-7,10,12,18H2,1-2H3. The van der Waals surface area contributed by atoms with E-state index in [4.69, 9.17) is 10.5 Å². The maximum Gasteiger partial charge on any atom is 0.338 e. The number of nitrogen functional groups attached to an aromatic ring is 1. The zero-order chi connectivity index (χ0) is 15.2. The third kappa shape index (κ3) is 3.97. The van der Waals surface area contributed by atoms with Gasteiger partial charge in [0.1, 0.15) is 0 Å². The fourth-order valence-corrected chi connectivity index (χ4v) is 3.03. The van der Waals surface area contributed by atoms with E-state index in [1.165, 1.54) is 25.7 Å². The quantitative estimate of drug-likeness (QED) is 0.668. The van der Waals surface area contributed by atoms with Crippen molar-refractivity contribution in [3.63, 3.8) is 0 Å². The number of hydrogen-bond acceptors (Lipinski definition) is 4. The van der Waals surface area contributed by atoms with Crippen LogP contribution in [0.4, 0.5) is 5.69 Å². The van der Waals surface area contributed by atoms with Gasteiger partial charge in [-0.2, -0.15) is 0 Å². The van der Waals surface area contributed by atoms with Crippen molar-refractivity contribution in [1.29, 1.82) is 0 Å². The number of nitrogens with two attached hydrogens (primary N) is 1. The molecule has 1 atom stereocenters. The molecule has 4 nitrogen and oxygen atoms in total. The molecule has 0 amide bonds. The Kier molecular flexibility index (Phi) is 5.62. The van der Waals surface area contributed by atoms with Gasteiger partial charge in [0, 0.05) is 18.3 Å². The average Bonchev–Trinajstić information content (AvgIpc) is 2.50. The maximum absolute atomic E-state index is 11.7. The monoisotopic (exact) mass is 290 g/mol. The zero-order valence-electron chi connectivity index (χ0n) is 13.1. The second kappa shape index (κ2) is 7.46. The summed E-state index contributed by atoms with van der Waals surface area (Å²) in [5.41, 5.74) is 8.44. The molecule has 1 unspecified atom stereocenters. The molecule has 116 valence electrons. The first-order chi connectivity index (χ1) is 10.2. The van der Waals surface area contributed by atoms with Gasteiger partial charge < -0.3 is 10.5 Å². The summed E-state index contributed by atoms with van der Waals surface area (Å²) in [5.74, 6) is -0.305. The Labute approximate surface area is 127 Å². The highest BCUT2D eigenvalue weighted by molar-refractivity contribution is 5.90. The highest BCUT2D eigenvalue weighted by atomic mass is 16.5. The number of ether oxygens (including phenoxy) is 1. The minimum absolute atomic E-state index is 0.305. The van der Waals surface area contributed by atoms with Crippen molar-refractivity contribution in [2.75, 3.05) is 18.9 Å². The highest BCUT2D eigenvalue weighted by Crippen LogP contribution is 2.24. The average molecular weight is 290 g/mol. The largest absolute Gasteiger partial charge is 0.462 e. The summed E-state index contributed by atoms with van der Waals surface area (Å²) in [5, 5.41) is 0. The van der Waals surface area contributed by atoms with E-state index >= 15 is 0 Å². The van der Waals surface area contributed by atoms with E-state index in [0.29, 0.717) is 23.9 Å². The fraction of sp³-hybridized carbons (Fsp3) is 0.588. The molecule has 0 bridgehead atoms. The van der Waals surface area contributed by atoms with Gasteiger partial charge in [0.05, 0.1) is 12.2 Å². The molecule has 1 aromatic rings. The lowest BCUT2D eigenvalue weighted by molar-refractivity contribution is 0.0526. The predicted octanol–water partition coefficient (Wildman–Crippen LogP) is 3.21. The molecule has 0 aliphatic carbocycles. The van der Waals surface area contributed by atoms with Crippen molar-refractivity contribution in [3.8, 4) is 0 Å². The number of piperidine rings is 1. The van der Waals surface area contributed by atoms with E-state index in [1.54, 1.807) is 13.0 Å². The number of likely N-dealkylation sites (tertiary alicyclic amines) is 1. The summed E-state index contributed by atoms with van der Waals surface area (Å²) in [4.78, 5) is 14.2. The van der Waals surface area contributed by atoms with E-state index in [9.17, 15) is 4.79 Å². The molecule has 2 N–H and O–H groups in total. The van der Waals surface area contributed by atoms with Crippen molar-refractivity contribution < 1.29 is 9.53 Å². The number of esters is 1. The molecule has 1 aromatic carbocycles. The zero-order valence-corrected chi connectivity index (χ0v) is 13.1. The van der Waals surface area contributed by atoms with Gasteiger partial charge >= 0.3 is 5.97 Å². The Morgan fingerprint density at radius 2 is 2.19 bits per heavy atom. The molecule has 1 fully saturated rings. The molecule has 1 heterocycles. The van der Waals surface area contributed by atoms with Gasteiger partial charge in [0.2, 0.25) is 0 Å². The smallest absolute Gasteiger partial charge is 0.338 e. The van der Waals surface area contributed by atoms with Gasteiger partial charge in [0.25, 0.3) is 0 Å². The Hall–Kier alpha value is -1.55. The van der Waals surface area contributed by atoms with Gasteiger partial charge in [-0.05, 0) is 50.4 Å². The third-order valence-electron chi connectivity index (χ3n) is 4.25. The molecule has 0 aromatic heterocycles. The van der Waals surface area contributed by atoms with Gasteiger partial charge in [-0.3, -0.25) is 4.90 Å². The van der Waals surface area contributed by atoms with Crippen molar-refractivity contribution in [2.45, 2.75) is 52.1 Å². The van der Waals surface area contributed by atoms with Crippen LogP contribution in [0.25, 0.3) is 0 Å². The van der Waals surface area contributed by atoms with Crippen molar-refractivity contribution in [1.82, 2.24) is 4.90 Å². The van der Waals surface area contributed by atoms with Gasteiger partial charge in [-0.25, -0.2) is 4.79 Å². The summed E-state index contributed by atoms with van der Waals surface area (Å²) >= 11 is 0. The van der Waals surface area contributed by atoms with E-state index in [2.05, 4.69) is 11.8 Å². The third-order valence-corrected chi connectivity index (χ3v) is 4.25. The molecular formula is C17H26N2O2. The highest BCUT2D eigenvalue weighted by Gasteiger charge is 2.21. The van der Waals surface area contributed by atoms with Crippen LogP contribution in [0.2, 0.25) is 0 Å². The van der Waals surface area contributed by atoms with Gasteiger partial charge in [-0.15, -0.1) is 0 Å². The molecule has 0 saturated carbocycles. The summed E-state index contributed by atoms with van der Waals surface area (Å²) in [7, 11) is 0. The molecule has 0 spiro atoms. The molecule has 1 aliphatic heterocycles. The molecule has 0 radical (unpaired) electrons. The van der Waals surface area contributed by atoms with Crippen LogP contribution >= 0.6 is 0 Å². The fourth-order valence-electron chi connectivity index (χ4n) is 3.03. The van der Waals surface area contributed by atoms with Crippen LogP contribution in [-0.4, -0.2) is 30.1 Å². The minimum Gasteiger partial charge on any atom is -0.462 e. The normalized spacial score (nSPS) is 19.4. The number of carbonyl (C=O) groups excluding carboxylic acids is 1. The lowest BCUT2D eigenvalue weighted by Gasteiger charge is -2.35. The maximum atomic E-state index is 11.7. The SMILES string of the molecule is CCOC(=O)c1ccc(CN2CCCCC2CC)c(N)c1. The number of nitrogens with zero attached hydrogens (tertiary/aromatic N) is 1. The number of carbonyl (C=O) groups is 1. The lowest BCUT2D eigenvalue weighted by atomic mass is 9.98. The molecule has 21 heavy (non-hydrogen) atoms. The van der Waals surface area contributed by atoms with E-state index in [-0.39, 0.29) is 5.97 Å².